The zero-order valence-electron chi connectivity index (χ0n) is 41.9. The molecule has 0 spiro atoms. The monoisotopic (exact) mass is 1010 g/mol. The van der Waals surface area contributed by atoms with Crippen molar-refractivity contribution < 1.29 is 23.9 Å². The molecule has 0 atom stereocenters. The summed E-state index contributed by atoms with van der Waals surface area (Å²) in [6.07, 6.45) is 7.78. The summed E-state index contributed by atoms with van der Waals surface area (Å²) in [5.41, 5.74) is 30.7. The van der Waals surface area contributed by atoms with Crippen LogP contribution in [0.5, 0.6) is 0 Å². The van der Waals surface area contributed by atoms with E-state index in [2.05, 4.69) is 31.0 Å². The number of nitrogens with zero attached hydrogens (tertiary/aromatic N) is 10. The van der Waals surface area contributed by atoms with Crippen molar-refractivity contribution in [2.45, 2.75) is 27.7 Å². The summed E-state index contributed by atoms with van der Waals surface area (Å²) < 4.78 is 11.6. The van der Waals surface area contributed by atoms with Crippen molar-refractivity contribution in [2.75, 3.05) is 29.5 Å². The molecule has 0 aliphatic rings. The van der Waals surface area contributed by atoms with E-state index in [0.717, 1.165) is 28.2 Å². The summed E-state index contributed by atoms with van der Waals surface area (Å²) in [7, 11) is 0. The smallest absolute Gasteiger partial charge is 0.359 e. The number of hydrogen-bond donors (Lipinski definition) is 4. The van der Waals surface area contributed by atoms with E-state index >= 15 is 0 Å². The number of anilines is 4. The van der Waals surface area contributed by atoms with Gasteiger partial charge in [0, 0.05) is 29.9 Å². The molecule has 0 amide bonds. The Bertz CT molecular complexity index is 3670. The Hall–Kier alpha value is -10.7. The number of nitrogen functional groups attached to an aromatic ring is 4. The zero-order chi connectivity index (χ0) is 54.3. The van der Waals surface area contributed by atoms with Crippen molar-refractivity contribution in [3.05, 3.63) is 234 Å². The van der Waals surface area contributed by atoms with Gasteiger partial charge in [-0.3, -0.25) is 32.7 Å². The Morgan fingerprint density at radius 3 is 1.38 bits per heavy atom. The highest BCUT2D eigenvalue weighted by atomic mass is 16.5. The highest BCUT2D eigenvalue weighted by Gasteiger charge is 2.22. The molecule has 380 valence electrons. The van der Waals surface area contributed by atoms with Gasteiger partial charge >= 0.3 is 5.97 Å². The lowest BCUT2D eigenvalue weighted by molar-refractivity contribution is 0.0518. The van der Waals surface area contributed by atoms with E-state index < -0.39 is 5.97 Å². The van der Waals surface area contributed by atoms with Crippen molar-refractivity contribution in [3.63, 3.8) is 0 Å². The number of esters is 1. The molecule has 0 aliphatic heterocycles. The first kappa shape index (κ1) is 53.1. The molecule has 76 heavy (non-hydrogen) atoms. The largest absolute Gasteiger partial charge is 0.461 e. The molecule has 10 aromatic rings. The fourth-order valence-electron chi connectivity index (χ4n) is 7.70. The number of ketones is 3. The molecule has 10 rings (SSSR count). The second kappa shape index (κ2) is 24.6. The Morgan fingerprint density at radius 1 is 0.500 bits per heavy atom. The topological polar surface area (TPSA) is 290 Å². The summed E-state index contributed by atoms with van der Waals surface area (Å²) in [4.78, 5) is 68.8. The van der Waals surface area contributed by atoms with Crippen LogP contribution < -0.4 is 22.9 Å². The summed E-state index contributed by atoms with van der Waals surface area (Å²) in [6, 6.07) is 47.7. The number of imidazole rings is 4. The Balaban J connectivity index is 0.000000148. The van der Waals surface area contributed by atoms with Crippen molar-refractivity contribution in [1.82, 2.24) is 43.2 Å². The third-order valence-electron chi connectivity index (χ3n) is 11.4. The molecule has 0 fully saturated rings. The first-order valence-electron chi connectivity index (χ1n) is 23.5. The van der Waals surface area contributed by atoms with Crippen molar-refractivity contribution >= 4 is 46.6 Å². The molecule has 19 heteroatoms. The summed E-state index contributed by atoms with van der Waals surface area (Å²) in [5.74, 6) is 0.520. The normalized spacial score (nSPS) is 10.3. The first-order chi connectivity index (χ1) is 36.7. The van der Waals surface area contributed by atoms with E-state index in [1.807, 2.05) is 98.8 Å². The van der Waals surface area contributed by atoms with Crippen LogP contribution in [-0.4, -0.2) is 73.1 Å². The molecule has 5 aromatic carbocycles. The SMILES string of the molecule is CC(=O)c1c(N)ncn1-c1ccccc1C.CCOC(=O)c1c(N)ncn1-c1ccccc1C.N#Cc1ccc(-n2cnc(N)c2C(=O)c2ccccc2)cc1.Nc1ncn(-c2ccccn2)c1C(=O)c1ccccc1. The van der Waals surface area contributed by atoms with E-state index in [0.29, 0.717) is 46.2 Å². The minimum atomic E-state index is -0.462. The molecule has 0 radical (unpaired) electrons. The maximum atomic E-state index is 12.7. The average molecular weight is 1010 g/mol. The zero-order valence-corrected chi connectivity index (χ0v) is 41.9. The van der Waals surface area contributed by atoms with Crippen LogP contribution >= 0.6 is 0 Å². The minimum Gasteiger partial charge on any atom is -0.461 e. The lowest BCUT2D eigenvalue weighted by Gasteiger charge is -2.10. The number of hydrogen-bond acceptors (Lipinski definition) is 15. The first-order valence-corrected chi connectivity index (χ1v) is 23.5. The van der Waals surface area contributed by atoms with Gasteiger partial charge in [0.05, 0.1) is 29.6 Å². The Kier molecular flexibility index (Phi) is 17.2. The molecular formula is C57H52N14O5. The van der Waals surface area contributed by atoms with Gasteiger partial charge in [0.2, 0.25) is 11.6 Å². The summed E-state index contributed by atoms with van der Waals surface area (Å²) in [6.45, 7) is 7.48. The fourth-order valence-corrected chi connectivity index (χ4v) is 7.70. The van der Waals surface area contributed by atoms with E-state index in [9.17, 15) is 19.2 Å². The number of Topliss-reactive ketones (excluding diaryl/α,β-unsaturated/α-hetero) is 1. The second-order valence-corrected chi connectivity index (χ2v) is 16.5. The van der Waals surface area contributed by atoms with Gasteiger partial charge in [-0.1, -0.05) is 103 Å². The van der Waals surface area contributed by atoms with Gasteiger partial charge in [-0.2, -0.15) is 5.26 Å². The predicted molar refractivity (Wildman–Crippen MR) is 290 cm³/mol. The van der Waals surface area contributed by atoms with Crippen molar-refractivity contribution in [1.29, 1.82) is 5.26 Å². The van der Waals surface area contributed by atoms with Gasteiger partial charge in [-0.05, 0) is 80.4 Å². The van der Waals surface area contributed by atoms with Crippen LogP contribution in [0.25, 0.3) is 22.9 Å². The lowest BCUT2D eigenvalue weighted by atomic mass is 10.1. The Morgan fingerprint density at radius 2 is 0.921 bits per heavy atom. The third-order valence-corrected chi connectivity index (χ3v) is 11.4. The molecule has 0 aliphatic carbocycles. The van der Waals surface area contributed by atoms with E-state index in [4.69, 9.17) is 32.9 Å². The van der Waals surface area contributed by atoms with Crippen LogP contribution in [0.2, 0.25) is 0 Å². The molecular weight excluding hydrogens is 961 g/mol. The number of carbonyl (C=O) groups excluding carboxylic acids is 4. The van der Waals surface area contributed by atoms with Crippen molar-refractivity contribution in [2.24, 2.45) is 0 Å². The molecule has 0 saturated heterocycles. The number of aromatic nitrogens is 9. The Labute approximate surface area is 437 Å². The lowest BCUT2D eigenvalue weighted by Crippen LogP contribution is -2.13. The summed E-state index contributed by atoms with van der Waals surface area (Å²) >= 11 is 0. The number of para-hydroxylation sites is 2. The maximum absolute atomic E-state index is 12.7. The number of nitrogens with two attached hydrogens (primary N) is 4. The standard InChI is InChI=1S/C17H12N4O.C15H12N4O.C13H15N3O2.C12H13N3O/c18-10-12-6-8-14(9-7-12)21-11-20-17(19)15(21)16(22)13-4-2-1-3-5-13;16-15-13(14(20)11-6-2-1-3-7-11)19(10-18-15)12-8-4-5-9-17-12;1-3-18-13(17)11-12(14)15-8-16(11)10-7-5-4-6-9(10)2;1-8-5-3-4-6-10(8)15-7-14-12(13)11(15)9(2)16/h1-9,11H,19H2;1-10H,16H2;4-8H,3,14H2,1-2H3;3-7H,13H2,1-2H3. The van der Waals surface area contributed by atoms with Crippen LogP contribution in [-0.2, 0) is 4.74 Å². The third kappa shape index (κ3) is 12.1. The van der Waals surface area contributed by atoms with Gasteiger partial charge in [-0.15, -0.1) is 0 Å². The van der Waals surface area contributed by atoms with Gasteiger partial charge in [0.15, 0.2) is 34.7 Å². The molecule has 0 unspecified atom stereocenters. The fraction of sp³-hybridized carbons (Fsp3) is 0.0877. The second-order valence-electron chi connectivity index (χ2n) is 16.5. The van der Waals surface area contributed by atoms with Crippen LogP contribution in [0, 0.1) is 25.2 Å². The predicted octanol–water partition coefficient (Wildman–Crippen LogP) is 8.54. The van der Waals surface area contributed by atoms with Crippen molar-refractivity contribution in [3.8, 4) is 28.9 Å². The average Bonchev–Trinajstić information content (AvgIpc) is 4.24. The van der Waals surface area contributed by atoms with E-state index in [-0.39, 0.29) is 46.3 Å². The van der Waals surface area contributed by atoms with E-state index in [1.165, 1.54) is 25.9 Å². The van der Waals surface area contributed by atoms with Gasteiger partial charge in [-0.25, -0.2) is 29.7 Å². The number of rotatable bonds is 11. The highest BCUT2D eigenvalue weighted by Crippen LogP contribution is 2.24. The quantitative estimate of drug-likeness (QED) is 0.0697. The number of nitriles is 1. The van der Waals surface area contributed by atoms with E-state index in [1.54, 1.807) is 104 Å². The molecule has 5 aromatic heterocycles. The maximum Gasteiger partial charge on any atom is 0.359 e. The van der Waals surface area contributed by atoms with Gasteiger partial charge < -0.3 is 27.7 Å². The van der Waals surface area contributed by atoms with Crippen LogP contribution in [0.1, 0.15) is 83.6 Å². The van der Waals surface area contributed by atoms with Gasteiger partial charge in [0.25, 0.3) is 0 Å². The number of carbonyl (C=O) groups is 4. The number of benzene rings is 5. The highest BCUT2D eigenvalue weighted by molar-refractivity contribution is 6.11. The van der Waals surface area contributed by atoms with Crippen LogP contribution in [0.4, 0.5) is 23.3 Å². The molecule has 0 saturated carbocycles. The number of pyridine rings is 1. The number of ether oxygens (including phenoxy) is 1. The molecule has 0 bridgehead atoms. The van der Waals surface area contributed by atoms with Crippen LogP contribution in [0.15, 0.2) is 183 Å². The minimum absolute atomic E-state index is 0.0850. The van der Waals surface area contributed by atoms with Gasteiger partial charge in [0.1, 0.15) is 48.2 Å². The van der Waals surface area contributed by atoms with Crippen LogP contribution in [0.3, 0.4) is 0 Å². The molecule has 5 heterocycles. The number of aryl methyl sites for hydroxylation is 2. The summed E-state index contributed by atoms with van der Waals surface area (Å²) in [5, 5.41) is 8.85. The molecule has 19 nitrogen and oxygen atoms in total. The molecule has 8 N–H and O–H groups in total.